The van der Waals surface area contributed by atoms with E-state index in [9.17, 15) is 4.79 Å². The Balaban J connectivity index is 1.30. The van der Waals surface area contributed by atoms with Gasteiger partial charge in [0.2, 0.25) is 0 Å². The SMILES string of the molecule is CC(CN1CCN(c2ccccn2)CC1)NC(=O)c1c[nH]c2cccnc12. The normalized spacial score (nSPS) is 16.4. The fraction of sp³-hybridized carbons (Fsp3) is 0.350. The molecule has 3 aromatic heterocycles. The summed E-state index contributed by atoms with van der Waals surface area (Å²) in [5.41, 5.74) is 2.18. The van der Waals surface area contributed by atoms with Gasteiger partial charge in [-0.15, -0.1) is 0 Å². The van der Waals surface area contributed by atoms with Gasteiger partial charge in [0.15, 0.2) is 0 Å². The van der Waals surface area contributed by atoms with Crippen LogP contribution in [0.1, 0.15) is 17.3 Å². The van der Waals surface area contributed by atoms with Crippen LogP contribution in [0.4, 0.5) is 5.82 Å². The van der Waals surface area contributed by atoms with Crippen LogP contribution >= 0.6 is 0 Å². The number of aromatic nitrogens is 3. The van der Waals surface area contributed by atoms with Crippen molar-refractivity contribution in [2.24, 2.45) is 0 Å². The molecule has 0 bridgehead atoms. The van der Waals surface area contributed by atoms with Crippen LogP contribution in [0.25, 0.3) is 11.0 Å². The zero-order valence-electron chi connectivity index (χ0n) is 15.4. The number of piperazine rings is 1. The minimum absolute atomic E-state index is 0.0626. The van der Waals surface area contributed by atoms with Gasteiger partial charge in [-0.3, -0.25) is 14.7 Å². The van der Waals surface area contributed by atoms with E-state index in [4.69, 9.17) is 0 Å². The van der Waals surface area contributed by atoms with Gasteiger partial charge < -0.3 is 15.2 Å². The van der Waals surface area contributed by atoms with Crippen LogP contribution in [-0.4, -0.2) is 64.5 Å². The van der Waals surface area contributed by atoms with Crippen LogP contribution < -0.4 is 10.2 Å². The predicted molar refractivity (Wildman–Crippen MR) is 106 cm³/mol. The number of pyridine rings is 2. The van der Waals surface area contributed by atoms with Crippen molar-refractivity contribution in [3.8, 4) is 0 Å². The van der Waals surface area contributed by atoms with Crippen molar-refractivity contribution in [3.05, 3.63) is 54.5 Å². The Bertz CT molecular complexity index is 901. The number of amides is 1. The lowest BCUT2D eigenvalue weighted by atomic mass is 10.2. The van der Waals surface area contributed by atoms with Gasteiger partial charge in [-0.1, -0.05) is 6.07 Å². The molecule has 4 rings (SSSR count). The van der Waals surface area contributed by atoms with Gasteiger partial charge in [0.1, 0.15) is 11.3 Å². The summed E-state index contributed by atoms with van der Waals surface area (Å²) < 4.78 is 0. The molecule has 1 saturated heterocycles. The van der Waals surface area contributed by atoms with Crippen molar-refractivity contribution < 1.29 is 4.79 Å². The number of nitrogens with zero attached hydrogens (tertiary/aromatic N) is 4. The molecule has 1 aliphatic heterocycles. The van der Waals surface area contributed by atoms with Gasteiger partial charge in [-0.05, 0) is 31.2 Å². The summed E-state index contributed by atoms with van der Waals surface area (Å²) in [6.07, 6.45) is 5.27. The number of fused-ring (bicyclic) bond motifs is 1. The highest BCUT2D eigenvalue weighted by atomic mass is 16.1. The average Bonchev–Trinajstić information content (AvgIpc) is 3.13. The Labute approximate surface area is 158 Å². The Kier molecular flexibility index (Phi) is 5.02. The van der Waals surface area contributed by atoms with Gasteiger partial charge >= 0.3 is 0 Å². The largest absolute Gasteiger partial charge is 0.359 e. The first-order valence-electron chi connectivity index (χ1n) is 9.32. The van der Waals surface area contributed by atoms with Crippen LogP contribution in [0.15, 0.2) is 48.9 Å². The molecule has 27 heavy (non-hydrogen) atoms. The number of H-pyrrole nitrogens is 1. The summed E-state index contributed by atoms with van der Waals surface area (Å²) >= 11 is 0. The lowest BCUT2D eigenvalue weighted by Gasteiger charge is -2.36. The van der Waals surface area contributed by atoms with Gasteiger partial charge in [-0.2, -0.15) is 0 Å². The summed E-state index contributed by atoms with van der Waals surface area (Å²) in [6, 6.07) is 9.84. The van der Waals surface area contributed by atoms with Crippen LogP contribution in [0.5, 0.6) is 0 Å². The second kappa shape index (κ2) is 7.75. The van der Waals surface area contributed by atoms with E-state index >= 15 is 0 Å². The van der Waals surface area contributed by atoms with Gasteiger partial charge in [0.05, 0.1) is 11.1 Å². The highest BCUT2D eigenvalue weighted by Crippen LogP contribution is 2.15. The molecule has 7 nitrogen and oxygen atoms in total. The molecule has 4 heterocycles. The third-order valence-electron chi connectivity index (χ3n) is 4.93. The molecule has 1 unspecified atom stereocenters. The van der Waals surface area contributed by atoms with Gasteiger partial charge in [0.25, 0.3) is 5.91 Å². The van der Waals surface area contributed by atoms with Crippen molar-refractivity contribution >= 4 is 22.8 Å². The summed E-state index contributed by atoms with van der Waals surface area (Å²) in [4.78, 5) is 29.1. The highest BCUT2D eigenvalue weighted by molar-refractivity contribution is 6.05. The smallest absolute Gasteiger partial charge is 0.255 e. The van der Waals surface area contributed by atoms with Crippen LogP contribution in [0.3, 0.4) is 0 Å². The van der Waals surface area contributed by atoms with Crippen molar-refractivity contribution in [1.29, 1.82) is 0 Å². The van der Waals surface area contributed by atoms with Gasteiger partial charge in [-0.25, -0.2) is 4.98 Å². The Morgan fingerprint density at radius 2 is 1.96 bits per heavy atom. The van der Waals surface area contributed by atoms with E-state index < -0.39 is 0 Å². The minimum Gasteiger partial charge on any atom is -0.359 e. The fourth-order valence-electron chi connectivity index (χ4n) is 3.56. The molecule has 1 amide bonds. The molecule has 0 aliphatic carbocycles. The first-order valence-corrected chi connectivity index (χ1v) is 9.32. The number of nitrogens with one attached hydrogen (secondary N) is 2. The van der Waals surface area contributed by atoms with E-state index in [0.717, 1.165) is 44.1 Å². The molecular formula is C20H24N6O. The van der Waals surface area contributed by atoms with Crippen LogP contribution in [-0.2, 0) is 0 Å². The first-order chi connectivity index (χ1) is 13.2. The Hall–Kier alpha value is -2.93. The number of carbonyl (C=O) groups is 1. The first kappa shape index (κ1) is 17.5. The maximum absolute atomic E-state index is 12.6. The lowest BCUT2D eigenvalue weighted by molar-refractivity contribution is 0.0929. The summed E-state index contributed by atoms with van der Waals surface area (Å²) in [5, 5.41) is 3.10. The van der Waals surface area contributed by atoms with E-state index in [1.807, 2.05) is 43.5 Å². The molecule has 7 heteroatoms. The van der Waals surface area contributed by atoms with E-state index in [2.05, 4.69) is 30.1 Å². The molecule has 1 fully saturated rings. The molecular weight excluding hydrogens is 340 g/mol. The quantitative estimate of drug-likeness (QED) is 0.723. The summed E-state index contributed by atoms with van der Waals surface area (Å²) in [7, 11) is 0. The number of hydrogen-bond donors (Lipinski definition) is 2. The predicted octanol–water partition coefficient (Wildman–Crippen LogP) is 1.90. The van der Waals surface area contributed by atoms with Crippen LogP contribution in [0, 0.1) is 0 Å². The highest BCUT2D eigenvalue weighted by Gasteiger charge is 2.21. The van der Waals surface area contributed by atoms with Gasteiger partial charge in [0, 0.05) is 57.4 Å². The van der Waals surface area contributed by atoms with Crippen molar-refractivity contribution in [3.63, 3.8) is 0 Å². The minimum atomic E-state index is -0.0837. The molecule has 0 radical (unpaired) electrons. The molecule has 3 aromatic rings. The molecule has 2 N–H and O–H groups in total. The standard InChI is InChI=1S/C20H24N6O/c1-15(24-20(27)16-13-23-17-5-4-8-22-19(16)17)14-25-9-11-26(12-10-25)18-6-2-3-7-21-18/h2-8,13,15,23H,9-12,14H2,1H3,(H,24,27). The third-order valence-corrected chi connectivity index (χ3v) is 4.93. The van der Waals surface area contributed by atoms with Crippen LogP contribution in [0.2, 0.25) is 0 Å². The maximum Gasteiger partial charge on any atom is 0.255 e. The van der Waals surface area contributed by atoms with Crippen molar-refractivity contribution in [2.75, 3.05) is 37.6 Å². The Morgan fingerprint density at radius 1 is 1.15 bits per heavy atom. The molecule has 0 spiro atoms. The maximum atomic E-state index is 12.6. The van der Waals surface area contributed by atoms with Crippen molar-refractivity contribution in [2.45, 2.75) is 13.0 Å². The fourth-order valence-corrected chi connectivity index (χ4v) is 3.56. The lowest BCUT2D eigenvalue weighted by Crippen LogP contribution is -2.51. The average molecular weight is 364 g/mol. The number of rotatable bonds is 5. The second-order valence-electron chi connectivity index (χ2n) is 6.95. The van der Waals surface area contributed by atoms with Crippen molar-refractivity contribution in [1.82, 2.24) is 25.2 Å². The molecule has 1 atom stereocenters. The molecule has 1 aliphatic rings. The number of carbonyl (C=O) groups excluding carboxylic acids is 1. The van der Waals surface area contributed by atoms with E-state index in [1.54, 1.807) is 12.4 Å². The zero-order chi connectivity index (χ0) is 18.6. The monoisotopic (exact) mass is 364 g/mol. The Morgan fingerprint density at radius 3 is 2.74 bits per heavy atom. The molecule has 0 aromatic carbocycles. The van der Waals surface area contributed by atoms with E-state index in [0.29, 0.717) is 11.1 Å². The van der Waals surface area contributed by atoms with E-state index in [-0.39, 0.29) is 11.9 Å². The molecule has 0 saturated carbocycles. The number of anilines is 1. The summed E-state index contributed by atoms with van der Waals surface area (Å²) in [5.74, 6) is 0.949. The zero-order valence-corrected chi connectivity index (χ0v) is 15.4. The number of aromatic amines is 1. The molecule has 140 valence electrons. The number of hydrogen-bond acceptors (Lipinski definition) is 5. The summed E-state index contributed by atoms with van der Waals surface area (Å²) in [6.45, 7) is 6.70. The second-order valence-corrected chi connectivity index (χ2v) is 6.95. The van der Waals surface area contributed by atoms with E-state index in [1.165, 1.54) is 0 Å². The topological polar surface area (TPSA) is 77.1 Å². The third kappa shape index (κ3) is 3.93.